The van der Waals surface area contributed by atoms with Gasteiger partial charge in [-0.05, 0) is 6.07 Å². The van der Waals surface area contributed by atoms with Crippen LogP contribution in [0.5, 0.6) is 11.5 Å². The predicted octanol–water partition coefficient (Wildman–Crippen LogP) is 2.62. The average molecular weight is 251 g/mol. The number of aryl methyl sites for hydroxylation is 1. The minimum Gasteiger partial charge on any atom is -0.486 e. The molecular weight excluding hydrogens is 240 g/mol. The summed E-state index contributed by atoms with van der Waals surface area (Å²) in [4.78, 5) is 8.66. The highest BCUT2D eigenvalue weighted by Crippen LogP contribution is 2.35. The molecule has 0 radical (unpaired) electrons. The molecule has 5 heteroatoms. The van der Waals surface area contributed by atoms with Crippen LogP contribution in [0.15, 0.2) is 12.1 Å². The normalized spacial score (nSPS) is 14.0. The van der Waals surface area contributed by atoms with Crippen LogP contribution in [-0.2, 0) is 6.42 Å². The van der Waals surface area contributed by atoms with Gasteiger partial charge in [-0.3, -0.25) is 0 Å². The number of fused-ring (bicyclic) bond motifs is 2. The van der Waals surface area contributed by atoms with Crippen molar-refractivity contribution in [3.8, 4) is 11.5 Å². The molecule has 3 rings (SSSR count). The Labute approximate surface area is 104 Å². The fourth-order valence-corrected chi connectivity index (χ4v) is 2.08. The van der Waals surface area contributed by atoms with Crippen LogP contribution in [0.2, 0.25) is 5.15 Å². The quantitative estimate of drug-likeness (QED) is 0.730. The lowest BCUT2D eigenvalue weighted by atomic mass is 10.2. The van der Waals surface area contributed by atoms with Crippen molar-refractivity contribution in [1.29, 1.82) is 0 Å². The van der Waals surface area contributed by atoms with Crippen LogP contribution in [0.1, 0.15) is 12.7 Å². The number of rotatable bonds is 1. The molecule has 1 aliphatic rings. The van der Waals surface area contributed by atoms with Crippen LogP contribution in [-0.4, -0.2) is 23.2 Å². The van der Waals surface area contributed by atoms with Crippen LogP contribution >= 0.6 is 11.6 Å². The zero-order valence-electron chi connectivity index (χ0n) is 9.36. The van der Waals surface area contributed by atoms with Gasteiger partial charge < -0.3 is 9.47 Å². The molecule has 88 valence electrons. The average Bonchev–Trinajstić information content (AvgIpc) is 2.36. The molecule has 0 unspecified atom stereocenters. The van der Waals surface area contributed by atoms with Crippen molar-refractivity contribution in [3.05, 3.63) is 23.1 Å². The lowest BCUT2D eigenvalue weighted by Gasteiger charge is -2.18. The second-order valence-corrected chi connectivity index (χ2v) is 4.16. The van der Waals surface area contributed by atoms with E-state index in [1.165, 1.54) is 0 Å². The maximum Gasteiger partial charge on any atom is 0.163 e. The molecule has 0 spiro atoms. The molecule has 0 aliphatic carbocycles. The Morgan fingerprint density at radius 2 is 1.88 bits per heavy atom. The van der Waals surface area contributed by atoms with Gasteiger partial charge in [0.2, 0.25) is 0 Å². The molecule has 1 aromatic heterocycles. The molecule has 0 saturated heterocycles. The van der Waals surface area contributed by atoms with Crippen molar-refractivity contribution in [2.45, 2.75) is 13.3 Å². The van der Waals surface area contributed by atoms with Gasteiger partial charge in [-0.15, -0.1) is 0 Å². The third-order valence-electron chi connectivity index (χ3n) is 2.68. The molecule has 0 N–H and O–H groups in total. The van der Waals surface area contributed by atoms with Crippen molar-refractivity contribution in [2.24, 2.45) is 0 Å². The second kappa shape index (κ2) is 4.04. The summed E-state index contributed by atoms with van der Waals surface area (Å²) in [5, 5.41) is 1.26. The van der Waals surface area contributed by atoms with E-state index in [1.807, 2.05) is 19.1 Å². The van der Waals surface area contributed by atoms with Crippen LogP contribution in [0.25, 0.3) is 10.9 Å². The predicted molar refractivity (Wildman–Crippen MR) is 64.9 cm³/mol. The largest absolute Gasteiger partial charge is 0.486 e. The van der Waals surface area contributed by atoms with E-state index in [0.717, 1.165) is 28.9 Å². The van der Waals surface area contributed by atoms with Crippen LogP contribution in [0.4, 0.5) is 0 Å². The Bertz CT molecular complexity index is 586. The van der Waals surface area contributed by atoms with Gasteiger partial charge in [0.05, 0.1) is 5.52 Å². The third-order valence-corrected chi connectivity index (χ3v) is 2.96. The van der Waals surface area contributed by atoms with E-state index < -0.39 is 0 Å². The van der Waals surface area contributed by atoms with E-state index in [4.69, 9.17) is 21.1 Å². The van der Waals surface area contributed by atoms with Crippen molar-refractivity contribution >= 4 is 22.5 Å². The van der Waals surface area contributed by atoms with E-state index in [2.05, 4.69) is 9.97 Å². The summed E-state index contributed by atoms with van der Waals surface area (Å²) in [6, 6.07) is 3.70. The number of ether oxygens (including phenoxy) is 2. The molecular formula is C12H11ClN2O2. The van der Waals surface area contributed by atoms with E-state index in [1.54, 1.807) is 0 Å². The first-order valence-corrected chi connectivity index (χ1v) is 5.91. The lowest BCUT2D eigenvalue weighted by molar-refractivity contribution is 0.172. The molecule has 0 bridgehead atoms. The zero-order valence-corrected chi connectivity index (χ0v) is 10.1. The Morgan fingerprint density at radius 3 is 2.59 bits per heavy atom. The Morgan fingerprint density at radius 1 is 1.18 bits per heavy atom. The van der Waals surface area contributed by atoms with E-state index in [0.29, 0.717) is 24.1 Å². The van der Waals surface area contributed by atoms with Gasteiger partial charge in [0.15, 0.2) is 11.5 Å². The molecule has 17 heavy (non-hydrogen) atoms. The summed E-state index contributed by atoms with van der Waals surface area (Å²) >= 11 is 6.14. The standard InChI is InChI=1S/C12H11ClN2O2/c1-2-11-14-8-6-10-9(16-3-4-17-10)5-7(8)12(13)15-11/h5-6H,2-4H2,1H3. The number of aromatic nitrogens is 2. The number of benzene rings is 1. The SMILES string of the molecule is CCc1nc(Cl)c2cc3c(cc2n1)OCCO3. The highest BCUT2D eigenvalue weighted by molar-refractivity contribution is 6.34. The van der Waals surface area contributed by atoms with E-state index in [9.17, 15) is 0 Å². The Kier molecular flexibility index (Phi) is 2.52. The Hall–Kier alpha value is -1.55. The molecule has 4 nitrogen and oxygen atoms in total. The number of nitrogens with zero attached hydrogens (tertiary/aromatic N) is 2. The van der Waals surface area contributed by atoms with E-state index >= 15 is 0 Å². The summed E-state index contributed by atoms with van der Waals surface area (Å²) in [5.41, 5.74) is 0.797. The summed E-state index contributed by atoms with van der Waals surface area (Å²) in [5.74, 6) is 2.17. The lowest BCUT2D eigenvalue weighted by Crippen LogP contribution is -2.15. The van der Waals surface area contributed by atoms with Gasteiger partial charge in [0.25, 0.3) is 0 Å². The van der Waals surface area contributed by atoms with Crippen molar-refractivity contribution < 1.29 is 9.47 Å². The minimum absolute atomic E-state index is 0.462. The molecule has 0 fully saturated rings. The fourth-order valence-electron chi connectivity index (χ4n) is 1.83. The fraction of sp³-hybridized carbons (Fsp3) is 0.333. The third kappa shape index (κ3) is 1.78. The van der Waals surface area contributed by atoms with Gasteiger partial charge in [0, 0.05) is 17.9 Å². The second-order valence-electron chi connectivity index (χ2n) is 3.80. The maximum atomic E-state index is 6.14. The van der Waals surface area contributed by atoms with E-state index in [-0.39, 0.29) is 0 Å². The van der Waals surface area contributed by atoms with Crippen molar-refractivity contribution in [2.75, 3.05) is 13.2 Å². The van der Waals surface area contributed by atoms with Gasteiger partial charge in [-0.1, -0.05) is 18.5 Å². The molecule has 0 saturated carbocycles. The van der Waals surface area contributed by atoms with Crippen LogP contribution < -0.4 is 9.47 Å². The summed E-state index contributed by atoms with van der Waals surface area (Å²) in [6.45, 7) is 3.12. The van der Waals surface area contributed by atoms with Crippen molar-refractivity contribution in [1.82, 2.24) is 9.97 Å². The summed E-state index contributed by atoms with van der Waals surface area (Å²) in [7, 11) is 0. The molecule has 2 aromatic rings. The highest BCUT2D eigenvalue weighted by atomic mass is 35.5. The molecule has 2 heterocycles. The van der Waals surface area contributed by atoms with Gasteiger partial charge in [-0.25, -0.2) is 9.97 Å². The van der Waals surface area contributed by atoms with Gasteiger partial charge in [-0.2, -0.15) is 0 Å². The van der Waals surface area contributed by atoms with Crippen LogP contribution in [0, 0.1) is 0 Å². The zero-order chi connectivity index (χ0) is 11.8. The van der Waals surface area contributed by atoms with Gasteiger partial charge >= 0.3 is 0 Å². The topological polar surface area (TPSA) is 44.2 Å². The molecule has 1 aromatic carbocycles. The first-order valence-electron chi connectivity index (χ1n) is 5.53. The first kappa shape index (κ1) is 10.6. The van der Waals surface area contributed by atoms with Crippen LogP contribution in [0.3, 0.4) is 0 Å². The maximum absolute atomic E-state index is 6.14. The minimum atomic E-state index is 0.462. The Balaban J connectivity index is 2.26. The summed E-state index contributed by atoms with van der Waals surface area (Å²) < 4.78 is 11.0. The molecule has 0 atom stereocenters. The monoisotopic (exact) mass is 250 g/mol. The smallest absolute Gasteiger partial charge is 0.163 e. The molecule has 0 amide bonds. The highest BCUT2D eigenvalue weighted by Gasteiger charge is 2.15. The summed E-state index contributed by atoms with van der Waals surface area (Å²) in [6.07, 6.45) is 0.754. The first-order chi connectivity index (χ1) is 8.28. The van der Waals surface area contributed by atoms with Crippen molar-refractivity contribution in [3.63, 3.8) is 0 Å². The number of halogens is 1. The molecule has 1 aliphatic heterocycles. The van der Waals surface area contributed by atoms with Gasteiger partial charge in [0.1, 0.15) is 24.2 Å². The number of hydrogen-bond donors (Lipinski definition) is 0. The number of hydrogen-bond acceptors (Lipinski definition) is 4.